The van der Waals surface area contributed by atoms with Crippen LogP contribution in [0.5, 0.6) is 0 Å². The predicted molar refractivity (Wildman–Crippen MR) is 119 cm³/mol. The highest BCUT2D eigenvalue weighted by Crippen LogP contribution is 2.04. The Balaban J connectivity index is 5.33. The van der Waals surface area contributed by atoms with Crippen LogP contribution >= 0.6 is 11.8 Å². The highest BCUT2D eigenvalue weighted by Gasteiger charge is 2.29. The number of primary amides is 1. The van der Waals surface area contributed by atoms with E-state index in [0.717, 1.165) is 0 Å². The molecule has 0 aliphatic carbocycles. The first-order valence-electron chi connectivity index (χ1n) is 9.66. The average Bonchev–Trinajstić information content (AvgIpc) is 2.70. The quantitative estimate of drug-likeness (QED) is 0.0611. The van der Waals surface area contributed by atoms with E-state index in [2.05, 4.69) is 20.9 Å². The minimum atomic E-state index is -1.43. The van der Waals surface area contributed by atoms with Gasteiger partial charge >= 0.3 is 5.97 Å². The van der Waals surface area contributed by atoms with Crippen LogP contribution in [-0.4, -0.2) is 83.9 Å². The normalized spacial score (nSPS) is 13.2. The number of hydrogen-bond donors (Lipinski definition) is 8. The highest BCUT2D eigenvalue weighted by molar-refractivity contribution is 7.98. The predicted octanol–water partition coefficient (Wildman–Crippen LogP) is -3.83. The molecular formula is C17H32N8O6S. The second-order valence-corrected chi connectivity index (χ2v) is 7.73. The van der Waals surface area contributed by atoms with Crippen molar-refractivity contribution >= 4 is 47.3 Å². The summed E-state index contributed by atoms with van der Waals surface area (Å²) in [6.45, 7) is -0.530. The fourth-order valence-electron chi connectivity index (χ4n) is 2.40. The van der Waals surface area contributed by atoms with E-state index < -0.39 is 60.7 Å². The molecule has 4 amide bonds. The zero-order valence-corrected chi connectivity index (χ0v) is 18.7. The van der Waals surface area contributed by atoms with Crippen molar-refractivity contribution in [1.82, 2.24) is 16.0 Å². The van der Waals surface area contributed by atoms with Crippen LogP contribution in [0.25, 0.3) is 0 Å². The summed E-state index contributed by atoms with van der Waals surface area (Å²) in [7, 11) is 0. The van der Waals surface area contributed by atoms with Gasteiger partial charge in [0.25, 0.3) is 0 Å². The Bertz CT molecular complexity index is 701. The van der Waals surface area contributed by atoms with Crippen LogP contribution in [-0.2, 0) is 24.0 Å². The molecule has 182 valence electrons. The molecule has 0 bridgehead atoms. The number of hydrogen-bond acceptors (Lipinski definition) is 8. The van der Waals surface area contributed by atoms with E-state index >= 15 is 0 Å². The number of carboxylic acids is 1. The van der Waals surface area contributed by atoms with Crippen molar-refractivity contribution < 1.29 is 29.1 Å². The van der Waals surface area contributed by atoms with Gasteiger partial charge in [-0.25, -0.2) is 0 Å². The standard InChI is InChI=1S/C17H32N8O6S/c1-32-6-4-9(18)14(29)24-10(3-2-5-22-17(20)21)16(31)25-11(7-12(19)26)15(30)23-8-13(27)28/h9-11H,2-8,18H2,1H3,(H2,19,26)(H,23,30)(H,24,29)(H,25,31)(H,27,28)(H4,20,21,22). The molecule has 3 atom stereocenters. The summed E-state index contributed by atoms with van der Waals surface area (Å²) >= 11 is 1.51. The number of nitrogens with one attached hydrogen (secondary N) is 3. The van der Waals surface area contributed by atoms with Gasteiger partial charge in [0.1, 0.15) is 18.6 Å². The minimum Gasteiger partial charge on any atom is -0.480 e. The van der Waals surface area contributed by atoms with Crippen LogP contribution in [0.3, 0.4) is 0 Å². The van der Waals surface area contributed by atoms with Gasteiger partial charge in [-0.2, -0.15) is 11.8 Å². The first kappa shape index (κ1) is 28.9. The Morgan fingerprint density at radius 1 is 0.969 bits per heavy atom. The van der Waals surface area contributed by atoms with Crippen LogP contribution in [0, 0.1) is 0 Å². The molecule has 0 aliphatic heterocycles. The molecule has 0 heterocycles. The molecule has 0 aromatic heterocycles. The van der Waals surface area contributed by atoms with Crippen molar-refractivity contribution in [2.24, 2.45) is 27.9 Å². The van der Waals surface area contributed by atoms with E-state index in [1.807, 2.05) is 6.26 Å². The van der Waals surface area contributed by atoms with Crippen molar-refractivity contribution in [2.75, 3.05) is 25.1 Å². The van der Waals surface area contributed by atoms with Crippen molar-refractivity contribution in [3.63, 3.8) is 0 Å². The van der Waals surface area contributed by atoms with Gasteiger partial charge in [-0.3, -0.25) is 29.0 Å². The Morgan fingerprint density at radius 2 is 1.59 bits per heavy atom. The maximum atomic E-state index is 12.8. The average molecular weight is 477 g/mol. The lowest BCUT2D eigenvalue weighted by Crippen LogP contribution is -2.56. The van der Waals surface area contributed by atoms with Gasteiger partial charge in [0.2, 0.25) is 23.6 Å². The minimum absolute atomic E-state index is 0.101. The van der Waals surface area contributed by atoms with Crippen LogP contribution in [0.1, 0.15) is 25.7 Å². The molecule has 0 spiro atoms. The molecule has 15 heteroatoms. The lowest BCUT2D eigenvalue weighted by atomic mass is 10.1. The van der Waals surface area contributed by atoms with Crippen molar-refractivity contribution in [3.05, 3.63) is 0 Å². The van der Waals surface area contributed by atoms with Crippen LogP contribution in [0.2, 0.25) is 0 Å². The SMILES string of the molecule is CSCCC(N)C(=O)NC(CCCN=C(N)N)C(=O)NC(CC(N)=O)C(=O)NCC(=O)O. The number of carbonyl (C=O) groups excluding carboxylic acids is 4. The molecule has 3 unspecified atom stereocenters. The fraction of sp³-hybridized carbons (Fsp3) is 0.647. The van der Waals surface area contributed by atoms with Gasteiger partial charge in [0.05, 0.1) is 12.5 Å². The van der Waals surface area contributed by atoms with Crippen molar-refractivity contribution in [2.45, 2.75) is 43.8 Å². The summed E-state index contributed by atoms with van der Waals surface area (Å²) in [5.74, 6) is -3.97. The molecular weight excluding hydrogens is 444 g/mol. The first-order chi connectivity index (χ1) is 15.0. The maximum absolute atomic E-state index is 12.8. The van der Waals surface area contributed by atoms with Crippen LogP contribution in [0.15, 0.2) is 4.99 Å². The number of carbonyl (C=O) groups is 5. The summed E-state index contributed by atoms with van der Waals surface area (Å²) in [5.41, 5.74) is 21.5. The molecule has 0 fully saturated rings. The number of rotatable bonds is 16. The Kier molecular flexibility index (Phi) is 14.2. The van der Waals surface area contributed by atoms with Gasteiger partial charge in [0.15, 0.2) is 5.96 Å². The lowest BCUT2D eigenvalue weighted by molar-refractivity contribution is -0.138. The van der Waals surface area contributed by atoms with Crippen molar-refractivity contribution in [1.29, 1.82) is 0 Å². The number of nitrogens with two attached hydrogens (primary N) is 4. The molecule has 0 aliphatic rings. The number of aliphatic carboxylic acids is 1. The van der Waals surface area contributed by atoms with E-state index in [9.17, 15) is 24.0 Å². The molecule has 0 aromatic rings. The van der Waals surface area contributed by atoms with Gasteiger partial charge in [-0.15, -0.1) is 0 Å². The first-order valence-corrected chi connectivity index (χ1v) is 11.1. The molecule has 0 saturated carbocycles. The molecule has 32 heavy (non-hydrogen) atoms. The molecule has 0 radical (unpaired) electrons. The zero-order chi connectivity index (χ0) is 24.7. The van der Waals surface area contributed by atoms with Gasteiger partial charge in [-0.05, 0) is 31.3 Å². The van der Waals surface area contributed by atoms with Crippen LogP contribution in [0.4, 0.5) is 0 Å². The molecule has 0 aromatic carbocycles. The summed E-state index contributed by atoms with van der Waals surface area (Å²) in [6.07, 6.45) is 2.08. The third kappa shape index (κ3) is 13.3. The maximum Gasteiger partial charge on any atom is 0.322 e. The largest absolute Gasteiger partial charge is 0.480 e. The molecule has 14 nitrogen and oxygen atoms in total. The summed E-state index contributed by atoms with van der Waals surface area (Å²) in [6, 6.07) is -3.39. The highest BCUT2D eigenvalue weighted by atomic mass is 32.2. The topological polar surface area (TPSA) is 258 Å². The second kappa shape index (κ2) is 15.7. The number of guanidine groups is 1. The Morgan fingerprint density at radius 3 is 2.12 bits per heavy atom. The van der Waals surface area contributed by atoms with Gasteiger partial charge < -0.3 is 44.0 Å². The Hall–Kier alpha value is -3.07. The van der Waals surface area contributed by atoms with Gasteiger partial charge in [0, 0.05) is 6.54 Å². The summed E-state index contributed by atoms with van der Waals surface area (Å²) in [5, 5.41) is 15.6. The number of aliphatic imine (C=N–C) groups is 1. The number of thioether (sulfide) groups is 1. The fourth-order valence-corrected chi connectivity index (χ4v) is 2.89. The molecule has 0 rings (SSSR count). The van der Waals surface area contributed by atoms with E-state index in [4.69, 9.17) is 28.0 Å². The third-order valence-electron chi connectivity index (χ3n) is 4.00. The monoisotopic (exact) mass is 476 g/mol. The smallest absolute Gasteiger partial charge is 0.322 e. The molecule has 0 saturated heterocycles. The van der Waals surface area contributed by atoms with E-state index in [1.165, 1.54) is 11.8 Å². The summed E-state index contributed by atoms with van der Waals surface area (Å²) < 4.78 is 0. The van der Waals surface area contributed by atoms with E-state index in [-0.39, 0.29) is 18.9 Å². The lowest BCUT2D eigenvalue weighted by Gasteiger charge is -2.23. The van der Waals surface area contributed by atoms with E-state index in [1.54, 1.807) is 0 Å². The number of amides is 4. The second-order valence-electron chi connectivity index (χ2n) is 6.74. The number of nitrogens with zero attached hydrogens (tertiary/aromatic N) is 1. The Labute approximate surface area is 189 Å². The molecule has 12 N–H and O–H groups in total. The van der Waals surface area contributed by atoms with Crippen molar-refractivity contribution in [3.8, 4) is 0 Å². The van der Waals surface area contributed by atoms with E-state index in [0.29, 0.717) is 18.6 Å². The third-order valence-corrected chi connectivity index (χ3v) is 4.64. The zero-order valence-electron chi connectivity index (χ0n) is 17.8. The van der Waals surface area contributed by atoms with Gasteiger partial charge in [-0.1, -0.05) is 0 Å². The summed E-state index contributed by atoms with van der Waals surface area (Å²) in [4.78, 5) is 63.1. The number of carboxylic acid groups (broad SMARTS) is 1. The van der Waals surface area contributed by atoms with Crippen LogP contribution < -0.4 is 38.9 Å².